The topological polar surface area (TPSA) is 66.5 Å². The molecule has 0 spiro atoms. The molecule has 0 saturated carbocycles. The first-order valence-corrected chi connectivity index (χ1v) is 11.9. The lowest BCUT2D eigenvalue weighted by Crippen LogP contribution is -2.33. The largest absolute Gasteiger partial charge is 0.350 e. The molecule has 1 heterocycles. The van der Waals surface area contributed by atoms with Crippen LogP contribution in [0.3, 0.4) is 0 Å². The highest BCUT2D eigenvalue weighted by molar-refractivity contribution is 7.89. The molecule has 1 amide bonds. The fourth-order valence-electron chi connectivity index (χ4n) is 3.62. The first-order valence-electron chi connectivity index (χ1n) is 10.4. The van der Waals surface area contributed by atoms with Crippen LogP contribution in [0.4, 0.5) is 0 Å². The second-order valence-corrected chi connectivity index (χ2v) is 9.68. The van der Waals surface area contributed by atoms with Gasteiger partial charge in [0.1, 0.15) is 0 Å². The SMILES string of the molecule is C[C@H](CCc1ccccc1)NC(=O)c1ccc(S(=O)(=O)N2CCCCCC2)cc1. The quantitative estimate of drug-likeness (QED) is 0.745. The van der Waals surface area contributed by atoms with Gasteiger partial charge in [0, 0.05) is 24.7 Å². The van der Waals surface area contributed by atoms with Gasteiger partial charge in [-0.15, -0.1) is 0 Å². The molecule has 6 heteroatoms. The summed E-state index contributed by atoms with van der Waals surface area (Å²) in [5.41, 5.74) is 1.73. The summed E-state index contributed by atoms with van der Waals surface area (Å²) in [5, 5.41) is 3.00. The molecule has 1 aliphatic rings. The summed E-state index contributed by atoms with van der Waals surface area (Å²) < 4.78 is 27.3. The number of hydrogen-bond donors (Lipinski definition) is 1. The summed E-state index contributed by atoms with van der Waals surface area (Å²) in [5.74, 6) is -0.177. The van der Waals surface area contributed by atoms with Gasteiger partial charge in [0.15, 0.2) is 0 Å². The zero-order valence-corrected chi connectivity index (χ0v) is 17.8. The standard InChI is InChI=1S/C23H30N2O3S/c1-19(11-12-20-9-5-4-6-10-20)24-23(26)21-13-15-22(16-14-21)29(27,28)25-17-7-2-3-8-18-25/h4-6,9-10,13-16,19H,2-3,7-8,11-12,17-18H2,1H3,(H,24,26)/t19-/m1/s1. The summed E-state index contributed by atoms with van der Waals surface area (Å²) in [4.78, 5) is 12.8. The molecule has 0 bridgehead atoms. The first kappa shape index (κ1) is 21.5. The van der Waals surface area contributed by atoms with Crippen molar-refractivity contribution in [1.29, 1.82) is 0 Å². The van der Waals surface area contributed by atoms with Crippen molar-refractivity contribution < 1.29 is 13.2 Å². The van der Waals surface area contributed by atoms with Crippen LogP contribution < -0.4 is 5.32 Å². The fraction of sp³-hybridized carbons (Fsp3) is 0.435. The molecule has 2 aromatic carbocycles. The minimum atomic E-state index is -3.49. The van der Waals surface area contributed by atoms with E-state index >= 15 is 0 Å². The van der Waals surface area contributed by atoms with Crippen molar-refractivity contribution in [1.82, 2.24) is 9.62 Å². The number of amides is 1. The van der Waals surface area contributed by atoms with Crippen molar-refractivity contribution >= 4 is 15.9 Å². The van der Waals surface area contributed by atoms with E-state index in [9.17, 15) is 13.2 Å². The Morgan fingerprint density at radius 2 is 1.59 bits per heavy atom. The minimum absolute atomic E-state index is 0.0308. The Kier molecular flexibility index (Phi) is 7.45. The van der Waals surface area contributed by atoms with Crippen LogP contribution >= 0.6 is 0 Å². The molecular formula is C23H30N2O3S. The molecule has 0 aliphatic carbocycles. The van der Waals surface area contributed by atoms with Crippen LogP contribution in [0.25, 0.3) is 0 Å². The van der Waals surface area contributed by atoms with Gasteiger partial charge < -0.3 is 5.32 Å². The zero-order valence-electron chi connectivity index (χ0n) is 17.0. The maximum atomic E-state index is 12.8. The van der Waals surface area contributed by atoms with E-state index in [1.807, 2.05) is 25.1 Å². The Morgan fingerprint density at radius 3 is 2.21 bits per heavy atom. The summed E-state index contributed by atoms with van der Waals surface area (Å²) in [6, 6.07) is 16.5. The van der Waals surface area contributed by atoms with Gasteiger partial charge in [-0.1, -0.05) is 43.2 Å². The van der Waals surface area contributed by atoms with Crippen molar-refractivity contribution in [3.05, 3.63) is 65.7 Å². The Hall–Kier alpha value is -2.18. The van der Waals surface area contributed by atoms with E-state index in [0.29, 0.717) is 18.7 Å². The van der Waals surface area contributed by atoms with E-state index in [1.54, 1.807) is 28.6 Å². The van der Waals surface area contributed by atoms with Crippen LogP contribution in [0.5, 0.6) is 0 Å². The van der Waals surface area contributed by atoms with Gasteiger partial charge in [-0.3, -0.25) is 4.79 Å². The highest BCUT2D eigenvalue weighted by Crippen LogP contribution is 2.20. The van der Waals surface area contributed by atoms with Crippen molar-refractivity contribution in [3.63, 3.8) is 0 Å². The van der Waals surface area contributed by atoms with Crippen molar-refractivity contribution in [2.45, 2.75) is 56.4 Å². The van der Waals surface area contributed by atoms with Gasteiger partial charge in [-0.25, -0.2) is 8.42 Å². The maximum Gasteiger partial charge on any atom is 0.251 e. The van der Waals surface area contributed by atoms with Crippen molar-refractivity contribution in [2.75, 3.05) is 13.1 Å². The molecule has 3 rings (SSSR count). The molecule has 1 fully saturated rings. The molecule has 1 aliphatic heterocycles. The predicted octanol–water partition coefficient (Wildman–Crippen LogP) is 4.00. The Bertz CT molecular complexity index is 887. The van der Waals surface area contributed by atoms with Gasteiger partial charge in [0.25, 0.3) is 5.91 Å². The van der Waals surface area contributed by atoms with Crippen LogP contribution in [0.1, 0.15) is 54.9 Å². The van der Waals surface area contributed by atoms with E-state index in [4.69, 9.17) is 0 Å². The molecule has 29 heavy (non-hydrogen) atoms. The molecule has 1 atom stereocenters. The molecule has 0 unspecified atom stereocenters. The van der Waals surface area contributed by atoms with Gasteiger partial charge in [0.2, 0.25) is 10.0 Å². The number of aryl methyl sites for hydroxylation is 1. The predicted molar refractivity (Wildman–Crippen MR) is 115 cm³/mol. The van der Waals surface area contributed by atoms with Gasteiger partial charge in [0.05, 0.1) is 4.90 Å². The summed E-state index contributed by atoms with van der Waals surface area (Å²) in [6.45, 7) is 3.13. The third-order valence-electron chi connectivity index (χ3n) is 5.41. The van der Waals surface area contributed by atoms with Crippen molar-refractivity contribution in [3.8, 4) is 0 Å². The first-order chi connectivity index (χ1) is 14.0. The lowest BCUT2D eigenvalue weighted by Gasteiger charge is -2.20. The number of hydrogen-bond acceptors (Lipinski definition) is 3. The summed E-state index contributed by atoms with van der Waals surface area (Å²) in [6.07, 6.45) is 5.70. The van der Waals surface area contributed by atoms with Crippen LogP contribution in [-0.2, 0) is 16.4 Å². The van der Waals surface area contributed by atoms with Crippen LogP contribution in [0.2, 0.25) is 0 Å². The normalized spacial score (nSPS) is 16.7. The molecule has 2 aromatic rings. The lowest BCUT2D eigenvalue weighted by atomic mass is 10.1. The zero-order chi connectivity index (χ0) is 20.7. The highest BCUT2D eigenvalue weighted by Gasteiger charge is 2.25. The second kappa shape index (κ2) is 10.0. The Labute approximate surface area is 174 Å². The number of carbonyl (C=O) groups excluding carboxylic acids is 1. The lowest BCUT2D eigenvalue weighted by molar-refractivity contribution is 0.0938. The van der Waals surface area contributed by atoms with Gasteiger partial charge in [-0.05, 0) is 62.4 Å². The fourth-order valence-corrected chi connectivity index (χ4v) is 5.13. The number of sulfonamides is 1. The van der Waals surface area contributed by atoms with Crippen LogP contribution in [0.15, 0.2) is 59.5 Å². The van der Waals surface area contributed by atoms with E-state index in [2.05, 4.69) is 17.4 Å². The average Bonchev–Trinajstić information content (AvgIpc) is 3.03. The molecule has 156 valence electrons. The molecule has 1 saturated heterocycles. The smallest absolute Gasteiger partial charge is 0.251 e. The second-order valence-electron chi connectivity index (χ2n) is 7.74. The van der Waals surface area contributed by atoms with Crippen molar-refractivity contribution in [2.24, 2.45) is 0 Å². The number of nitrogens with zero attached hydrogens (tertiary/aromatic N) is 1. The molecule has 0 aromatic heterocycles. The Balaban J connectivity index is 1.58. The van der Waals surface area contributed by atoms with Crippen LogP contribution in [-0.4, -0.2) is 37.8 Å². The average molecular weight is 415 g/mol. The molecule has 0 radical (unpaired) electrons. The molecule has 1 N–H and O–H groups in total. The van der Waals surface area contributed by atoms with E-state index in [0.717, 1.165) is 38.5 Å². The van der Waals surface area contributed by atoms with E-state index < -0.39 is 10.0 Å². The van der Waals surface area contributed by atoms with Crippen LogP contribution in [0, 0.1) is 0 Å². The van der Waals surface area contributed by atoms with E-state index in [-0.39, 0.29) is 16.8 Å². The monoisotopic (exact) mass is 414 g/mol. The number of carbonyl (C=O) groups is 1. The highest BCUT2D eigenvalue weighted by atomic mass is 32.2. The minimum Gasteiger partial charge on any atom is -0.350 e. The number of benzene rings is 2. The summed E-state index contributed by atoms with van der Waals surface area (Å²) >= 11 is 0. The molecule has 5 nitrogen and oxygen atoms in total. The number of rotatable bonds is 7. The number of nitrogens with one attached hydrogen (secondary N) is 1. The third-order valence-corrected chi connectivity index (χ3v) is 7.32. The van der Waals surface area contributed by atoms with Gasteiger partial charge in [-0.2, -0.15) is 4.31 Å². The summed E-state index contributed by atoms with van der Waals surface area (Å²) in [7, 11) is -3.49. The van der Waals surface area contributed by atoms with Gasteiger partial charge >= 0.3 is 0 Å². The maximum absolute atomic E-state index is 12.8. The Morgan fingerprint density at radius 1 is 0.966 bits per heavy atom. The third kappa shape index (κ3) is 5.90. The molecular weight excluding hydrogens is 384 g/mol. The van der Waals surface area contributed by atoms with E-state index in [1.165, 1.54) is 5.56 Å².